The van der Waals surface area contributed by atoms with Gasteiger partial charge in [-0.3, -0.25) is 14.8 Å². The summed E-state index contributed by atoms with van der Waals surface area (Å²) < 4.78 is 174. The van der Waals surface area contributed by atoms with Gasteiger partial charge in [-0.15, -0.1) is 12.4 Å². The smallest absolute Gasteiger partial charge is 0.416 e. The molecular formula is C88H106BrClF13N13O5. The molecule has 0 bridgehead atoms. The number of amides is 2. The van der Waals surface area contributed by atoms with Crippen molar-refractivity contribution in [3.63, 3.8) is 0 Å². The number of hydrogen-bond donors (Lipinski definition) is 2. The zero-order valence-corrected chi connectivity index (χ0v) is 65.3. The van der Waals surface area contributed by atoms with Crippen LogP contribution in [0, 0.1) is 97.7 Å². The second-order valence-electron chi connectivity index (χ2n) is 28.6. The minimum atomic E-state index is -4.64. The minimum absolute atomic E-state index is 0. The van der Waals surface area contributed by atoms with Crippen LogP contribution in [-0.2, 0) is 47.9 Å². The van der Waals surface area contributed by atoms with E-state index in [-0.39, 0.29) is 149 Å². The van der Waals surface area contributed by atoms with Gasteiger partial charge >= 0.3 is 30.6 Å². The van der Waals surface area contributed by atoms with Crippen molar-refractivity contribution in [2.75, 3.05) is 39.3 Å². The van der Waals surface area contributed by atoms with E-state index >= 15 is 0 Å². The third-order valence-corrected chi connectivity index (χ3v) is 19.8. The van der Waals surface area contributed by atoms with Crippen molar-refractivity contribution in [2.24, 2.45) is 22.2 Å². The summed E-state index contributed by atoms with van der Waals surface area (Å²) in [6.45, 7) is 9.48. The number of hydrogen-bond acceptors (Lipinski definition) is 15. The topological polar surface area (TPSA) is 272 Å². The van der Waals surface area contributed by atoms with Crippen LogP contribution in [-0.4, -0.2) is 108 Å². The largest absolute Gasteiger partial charge is 0.478 e. The number of carbonyl (C=O) groups is 3. The molecule has 7 heterocycles. The summed E-state index contributed by atoms with van der Waals surface area (Å²) in [5.41, 5.74) is -2.15. The Balaban J connectivity index is 0.00000149. The molecule has 4 aliphatic rings. The lowest BCUT2D eigenvalue weighted by Gasteiger charge is -2.38. The van der Waals surface area contributed by atoms with Gasteiger partial charge < -0.3 is 25.0 Å². The van der Waals surface area contributed by atoms with Gasteiger partial charge in [0.05, 0.1) is 79.7 Å². The molecule has 0 atom stereocenters. The normalized spacial score (nSPS) is 14.8. The fourth-order valence-electron chi connectivity index (χ4n) is 12.8. The molecule has 18 nitrogen and oxygen atoms in total. The lowest BCUT2D eigenvalue weighted by Crippen LogP contribution is -2.45. The quantitative estimate of drug-likeness (QED) is 0.0899. The number of benzene rings is 4. The Hall–Kier alpha value is -10.7. The number of rotatable bonds is 11. The van der Waals surface area contributed by atoms with Gasteiger partial charge in [0, 0.05) is 62.2 Å². The average Bonchev–Trinajstić information content (AvgIpc) is 0.800. The molecule has 121 heavy (non-hydrogen) atoms. The molecule has 4 aromatic carbocycles. The van der Waals surface area contributed by atoms with E-state index in [9.17, 15) is 87.2 Å². The number of aromatic carboxylic acids is 1. The average molecular weight is 1790 g/mol. The predicted octanol–water partition coefficient (Wildman–Crippen LogP) is 23.5. The van der Waals surface area contributed by atoms with E-state index in [0.29, 0.717) is 102 Å². The predicted molar refractivity (Wildman–Crippen MR) is 445 cm³/mol. The van der Waals surface area contributed by atoms with Crippen LogP contribution in [0.4, 0.5) is 61.9 Å². The SMILES string of the molecule is C.C.C.C.C.C.CC(C)(C)OC(=O)N1CCC(C#N)(Cc2ccc(C(F)(F)F)cc2F)CC1.Cc1ccc(CBr)c(F)c1.Cl.N#CC1(Cc2ccc(C(F)(F)F)cc2F)CCN(C(=O)c2cccnc2-c2ccncn2)CC1.N#CC1(Cc2ccc(C(F)(F)F)cc2F)CCNCC1.N#CC1CCCCC1.O=C(O)c1cccnc1-c1ccncn1. The Morgan fingerprint density at radius 1 is 0.512 bits per heavy atom. The van der Waals surface area contributed by atoms with E-state index in [2.05, 4.69) is 75.4 Å². The number of carboxylic acids is 1. The highest BCUT2D eigenvalue weighted by Crippen LogP contribution is 2.41. The lowest BCUT2D eigenvalue weighted by atomic mass is 9.75. The molecule has 1 saturated carbocycles. The Kier molecular flexibility index (Phi) is 45.5. The summed E-state index contributed by atoms with van der Waals surface area (Å²) in [6, 6.07) is 31.0. The van der Waals surface area contributed by atoms with E-state index in [1.54, 1.807) is 80.7 Å². The summed E-state index contributed by atoms with van der Waals surface area (Å²) >= 11 is 3.19. The first kappa shape index (κ1) is 110. The number of aromatic nitrogens is 6. The van der Waals surface area contributed by atoms with Crippen LogP contribution < -0.4 is 5.32 Å². The zero-order chi connectivity index (χ0) is 83.7. The van der Waals surface area contributed by atoms with Crippen molar-refractivity contribution in [3.8, 4) is 47.1 Å². The number of carboxylic acid groups (broad SMARTS) is 1. The summed E-state index contributed by atoms with van der Waals surface area (Å²) in [4.78, 5) is 63.4. The maximum absolute atomic E-state index is 14.4. The van der Waals surface area contributed by atoms with Crippen LogP contribution in [0.1, 0.15) is 201 Å². The lowest BCUT2D eigenvalue weighted by molar-refractivity contribution is -0.138. The second kappa shape index (κ2) is 49.9. The molecule has 8 aromatic rings. The maximum Gasteiger partial charge on any atom is 0.416 e. The zero-order valence-electron chi connectivity index (χ0n) is 62.9. The van der Waals surface area contributed by atoms with E-state index in [0.717, 1.165) is 54.8 Å². The van der Waals surface area contributed by atoms with Crippen LogP contribution in [0.3, 0.4) is 0 Å². The number of carbonyl (C=O) groups excluding carboxylic acids is 2. The van der Waals surface area contributed by atoms with Gasteiger partial charge in [-0.1, -0.05) is 110 Å². The maximum atomic E-state index is 14.4. The number of pyridine rings is 2. The number of alkyl halides is 10. The third-order valence-electron chi connectivity index (χ3n) is 19.2. The third kappa shape index (κ3) is 32.7. The summed E-state index contributed by atoms with van der Waals surface area (Å²) in [5, 5.41) is 49.8. The van der Waals surface area contributed by atoms with Crippen LogP contribution in [0.15, 0.2) is 147 Å². The fourth-order valence-corrected chi connectivity index (χ4v) is 13.2. The highest BCUT2D eigenvalue weighted by molar-refractivity contribution is 9.08. The molecular weight excluding hydrogens is 1680 g/mol. The first-order valence-corrected chi connectivity index (χ1v) is 37.2. The summed E-state index contributed by atoms with van der Waals surface area (Å²) in [7, 11) is 0. The molecule has 4 aromatic heterocycles. The van der Waals surface area contributed by atoms with Crippen molar-refractivity contribution < 1.29 is 81.3 Å². The number of likely N-dealkylation sites (tertiary alicyclic amines) is 2. The van der Waals surface area contributed by atoms with Crippen LogP contribution >= 0.6 is 28.3 Å². The first-order valence-electron chi connectivity index (χ1n) is 36.1. The van der Waals surface area contributed by atoms with Crippen molar-refractivity contribution in [3.05, 3.63) is 226 Å². The Morgan fingerprint density at radius 2 is 0.884 bits per heavy atom. The van der Waals surface area contributed by atoms with Crippen molar-refractivity contribution >= 4 is 46.3 Å². The second-order valence-corrected chi connectivity index (χ2v) is 29.2. The molecule has 0 radical (unpaired) electrons. The van der Waals surface area contributed by atoms with Crippen LogP contribution in [0.5, 0.6) is 0 Å². The monoisotopic (exact) mass is 1790 g/mol. The molecule has 4 fully saturated rings. The number of piperidine rings is 3. The van der Waals surface area contributed by atoms with E-state index < -0.39 is 86.6 Å². The van der Waals surface area contributed by atoms with E-state index in [4.69, 9.17) is 15.1 Å². The van der Waals surface area contributed by atoms with Gasteiger partial charge in [0.2, 0.25) is 0 Å². The molecule has 33 heteroatoms. The Labute approximate surface area is 715 Å². The van der Waals surface area contributed by atoms with Gasteiger partial charge in [-0.05, 0) is 218 Å². The number of nitrogens with one attached hydrogen (secondary N) is 1. The van der Waals surface area contributed by atoms with E-state index in [1.807, 2.05) is 13.0 Å². The number of ether oxygens (including phenoxy) is 1. The van der Waals surface area contributed by atoms with Crippen molar-refractivity contribution in [2.45, 2.75) is 192 Å². The van der Waals surface area contributed by atoms with Gasteiger partial charge in [0.1, 0.15) is 52.9 Å². The van der Waals surface area contributed by atoms with Crippen molar-refractivity contribution in [1.29, 1.82) is 21.0 Å². The highest BCUT2D eigenvalue weighted by Gasteiger charge is 2.42. The fraction of sp³-hybridized carbons (Fsp3) is 0.443. The van der Waals surface area contributed by atoms with Crippen LogP contribution in [0.2, 0.25) is 0 Å². The standard InChI is InChI=1S/C24H19F4N5O.C19H22F4N2O2.C14H14F4N2.C10H7N3O2.C8H8BrF.C7H11N.6CH4.ClH/c25-19-12-17(24(26,27)28)4-3-16(19)13-23(14-29)6-10-33(11-7-23)22(34)18-2-1-8-31-21(18)20-5-9-30-15-32-20;1-17(2,3)27-16(26)25-8-6-18(12-24,7-9-25)11-13-4-5-14(10-15(13)20)19(21,22)23;15-12-7-11(14(16,17)18)2-1-10(12)8-13(9-19)3-5-20-6-4-13;14-10(15)7-2-1-4-12-9(7)8-3-5-11-6-13-8;1-6-2-3-7(5-9)8(10)4-6;8-6-7-4-2-1-3-5-7;;;;;;;/h1-5,8-9,12,15H,6-7,10-11,13H2;4-5,10H,6-9,11H2,1-3H3;1-2,7,20H,3-6,8H2;1-6H,(H,14,15);2-4H,5H2,1H3;7H,1-5H2;6*1H4;1H. The molecule has 0 unspecified atom stereocenters. The molecule has 1 aliphatic carbocycles. The van der Waals surface area contributed by atoms with Gasteiger partial charge in [-0.25, -0.2) is 47.1 Å². The number of aryl methyl sites for hydroxylation is 1. The Bertz CT molecular complexity index is 4740. The highest BCUT2D eigenvalue weighted by atomic mass is 79.9. The minimum Gasteiger partial charge on any atom is -0.478 e. The molecule has 12 rings (SSSR count). The molecule has 2 N–H and O–H groups in total. The van der Waals surface area contributed by atoms with E-state index in [1.165, 1.54) is 55.1 Å². The number of nitrogens with zero attached hydrogens (tertiary/aromatic N) is 12. The summed E-state index contributed by atoms with van der Waals surface area (Å²) in [6.07, 6.45) is 3.18. The van der Waals surface area contributed by atoms with Crippen LogP contribution in [0.25, 0.3) is 22.8 Å². The van der Waals surface area contributed by atoms with Crippen molar-refractivity contribution in [1.82, 2.24) is 45.0 Å². The Morgan fingerprint density at radius 3 is 1.21 bits per heavy atom. The first-order chi connectivity index (χ1) is 53.9. The molecule has 658 valence electrons. The number of nitriles is 4. The molecule has 0 spiro atoms. The number of halogens is 15. The molecule has 3 saturated heterocycles. The summed E-state index contributed by atoms with van der Waals surface area (Å²) in [5.74, 6) is -3.89. The molecule has 2 amide bonds. The van der Waals surface area contributed by atoms with Gasteiger partial charge in [0.15, 0.2) is 0 Å². The van der Waals surface area contributed by atoms with Gasteiger partial charge in [0.25, 0.3) is 5.91 Å². The molecule has 3 aliphatic heterocycles. The van der Waals surface area contributed by atoms with Gasteiger partial charge in [-0.2, -0.15) is 60.6 Å².